The van der Waals surface area contributed by atoms with Gasteiger partial charge in [-0.2, -0.15) is 0 Å². The number of rotatable bonds is 3. The van der Waals surface area contributed by atoms with E-state index in [0.717, 1.165) is 24.8 Å². The van der Waals surface area contributed by atoms with E-state index >= 15 is 0 Å². The van der Waals surface area contributed by atoms with Crippen LogP contribution < -0.4 is 10.2 Å². The number of hydrogen-bond donors (Lipinski definition) is 2. The van der Waals surface area contributed by atoms with Crippen LogP contribution in [-0.2, 0) is 19.8 Å². The number of carboxylic acids is 1. The molecule has 2 amide bonds. The second-order valence-electron chi connectivity index (χ2n) is 6.29. The Morgan fingerprint density at radius 2 is 1.65 bits per heavy atom. The molecule has 0 spiro atoms. The number of hydrogen-bond acceptors (Lipinski definition) is 4. The van der Waals surface area contributed by atoms with E-state index in [1.54, 1.807) is 11.0 Å². The highest BCUT2D eigenvalue weighted by Gasteiger charge is 2.43. The molecule has 0 aromatic heterocycles. The minimum Gasteiger partial charge on any atom is -0.481 e. The predicted octanol–water partition coefficient (Wildman–Crippen LogP) is 1.44. The van der Waals surface area contributed by atoms with Crippen LogP contribution in [0.1, 0.15) is 37.7 Å². The van der Waals surface area contributed by atoms with Gasteiger partial charge in [0.25, 0.3) is 0 Å². The number of carboxylic acid groups (broad SMARTS) is 1. The van der Waals surface area contributed by atoms with Gasteiger partial charge in [-0.25, -0.2) is 0 Å². The molecular formula is C17H20N2O4. The first-order valence-electron chi connectivity index (χ1n) is 7.93. The summed E-state index contributed by atoms with van der Waals surface area (Å²) in [4.78, 5) is 37.1. The predicted molar refractivity (Wildman–Crippen MR) is 84.2 cm³/mol. The lowest BCUT2D eigenvalue weighted by atomic mass is 9.69. The number of anilines is 1. The number of amides is 2. The Hall–Kier alpha value is -2.37. The summed E-state index contributed by atoms with van der Waals surface area (Å²) in [5.41, 5.74) is 0.473. The van der Waals surface area contributed by atoms with Crippen molar-refractivity contribution in [3.63, 3.8) is 0 Å². The van der Waals surface area contributed by atoms with Crippen LogP contribution in [0.5, 0.6) is 0 Å². The summed E-state index contributed by atoms with van der Waals surface area (Å²) in [6.45, 7) is 0.136. The highest BCUT2D eigenvalue weighted by molar-refractivity contribution is 6.03. The van der Waals surface area contributed by atoms with E-state index in [2.05, 4.69) is 5.32 Å². The van der Waals surface area contributed by atoms with Gasteiger partial charge in [0.2, 0.25) is 11.8 Å². The molecule has 1 saturated heterocycles. The topological polar surface area (TPSA) is 86.7 Å². The van der Waals surface area contributed by atoms with Gasteiger partial charge in [0.05, 0.1) is 18.5 Å². The first kappa shape index (κ1) is 15.5. The molecular weight excluding hydrogens is 296 g/mol. The van der Waals surface area contributed by atoms with E-state index in [0.29, 0.717) is 18.5 Å². The van der Waals surface area contributed by atoms with Crippen molar-refractivity contribution in [3.8, 4) is 0 Å². The van der Waals surface area contributed by atoms with E-state index in [-0.39, 0.29) is 24.9 Å². The molecule has 1 saturated carbocycles. The van der Waals surface area contributed by atoms with Crippen molar-refractivity contribution in [1.29, 1.82) is 0 Å². The highest BCUT2D eigenvalue weighted by atomic mass is 16.4. The van der Waals surface area contributed by atoms with Crippen molar-refractivity contribution >= 4 is 23.5 Å². The van der Waals surface area contributed by atoms with Crippen molar-refractivity contribution in [2.45, 2.75) is 37.5 Å². The average molecular weight is 316 g/mol. The van der Waals surface area contributed by atoms with Crippen LogP contribution in [0.2, 0.25) is 0 Å². The summed E-state index contributed by atoms with van der Waals surface area (Å²) in [5, 5.41) is 12.2. The van der Waals surface area contributed by atoms with E-state index in [9.17, 15) is 19.5 Å². The number of aliphatic carboxylic acids is 1. The molecule has 0 radical (unpaired) electrons. The van der Waals surface area contributed by atoms with Gasteiger partial charge in [-0.1, -0.05) is 37.5 Å². The summed E-state index contributed by atoms with van der Waals surface area (Å²) >= 11 is 0. The molecule has 6 nitrogen and oxygen atoms in total. The second-order valence-corrected chi connectivity index (χ2v) is 6.29. The smallest absolute Gasteiger partial charge is 0.314 e. The quantitative estimate of drug-likeness (QED) is 0.824. The van der Waals surface area contributed by atoms with E-state index < -0.39 is 11.4 Å². The molecule has 2 aliphatic rings. The molecule has 0 bridgehead atoms. The number of para-hydroxylation sites is 1. The van der Waals surface area contributed by atoms with Crippen LogP contribution in [0, 0.1) is 0 Å². The molecule has 1 aliphatic heterocycles. The van der Waals surface area contributed by atoms with Crippen LogP contribution in [0.4, 0.5) is 5.69 Å². The average Bonchev–Trinajstić information content (AvgIpc) is 2.54. The van der Waals surface area contributed by atoms with E-state index in [1.165, 1.54) is 0 Å². The fraction of sp³-hybridized carbons (Fsp3) is 0.471. The fourth-order valence-electron chi connectivity index (χ4n) is 3.72. The van der Waals surface area contributed by atoms with Crippen molar-refractivity contribution in [2.75, 3.05) is 18.0 Å². The lowest BCUT2D eigenvalue weighted by Crippen LogP contribution is -2.52. The zero-order valence-electron chi connectivity index (χ0n) is 12.9. The molecule has 0 unspecified atom stereocenters. The lowest BCUT2D eigenvalue weighted by Gasteiger charge is -2.38. The van der Waals surface area contributed by atoms with Gasteiger partial charge in [-0.3, -0.25) is 19.7 Å². The van der Waals surface area contributed by atoms with Gasteiger partial charge in [0, 0.05) is 5.69 Å². The fourth-order valence-corrected chi connectivity index (χ4v) is 3.72. The number of nitrogens with zero attached hydrogens (tertiary/aromatic N) is 1. The van der Waals surface area contributed by atoms with Crippen molar-refractivity contribution in [1.82, 2.24) is 5.32 Å². The van der Waals surface area contributed by atoms with Gasteiger partial charge >= 0.3 is 5.97 Å². The minimum absolute atomic E-state index is 0.0679. The summed E-state index contributed by atoms with van der Waals surface area (Å²) in [7, 11) is 0. The number of benzene rings is 1. The summed E-state index contributed by atoms with van der Waals surface area (Å²) < 4.78 is 0. The van der Waals surface area contributed by atoms with E-state index in [4.69, 9.17) is 0 Å². The molecule has 2 fully saturated rings. The molecule has 2 N–H and O–H groups in total. The van der Waals surface area contributed by atoms with Gasteiger partial charge in [-0.15, -0.1) is 0 Å². The number of piperazine rings is 1. The number of imide groups is 1. The summed E-state index contributed by atoms with van der Waals surface area (Å²) in [6.07, 6.45) is 3.97. The monoisotopic (exact) mass is 316 g/mol. The van der Waals surface area contributed by atoms with Crippen molar-refractivity contribution in [2.24, 2.45) is 0 Å². The van der Waals surface area contributed by atoms with Crippen LogP contribution in [0.3, 0.4) is 0 Å². The van der Waals surface area contributed by atoms with Gasteiger partial charge in [-0.05, 0) is 24.5 Å². The Bertz CT molecular complexity index is 634. The van der Waals surface area contributed by atoms with Gasteiger partial charge < -0.3 is 10.0 Å². The summed E-state index contributed by atoms with van der Waals surface area (Å²) in [6, 6.07) is 7.27. The second kappa shape index (κ2) is 6.02. The Morgan fingerprint density at radius 1 is 1.04 bits per heavy atom. The Morgan fingerprint density at radius 3 is 2.26 bits per heavy atom. The highest BCUT2D eigenvalue weighted by Crippen LogP contribution is 2.43. The molecule has 0 atom stereocenters. The number of carbonyl (C=O) groups is 3. The van der Waals surface area contributed by atoms with Gasteiger partial charge in [0.1, 0.15) is 0 Å². The first-order valence-corrected chi connectivity index (χ1v) is 7.93. The molecule has 1 heterocycles. The Balaban J connectivity index is 2.04. The van der Waals surface area contributed by atoms with E-state index in [1.807, 2.05) is 18.2 Å². The maximum atomic E-state index is 12.1. The molecule has 23 heavy (non-hydrogen) atoms. The van der Waals surface area contributed by atoms with Crippen LogP contribution in [-0.4, -0.2) is 36.0 Å². The Labute approximate surface area is 134 Å². The minimum atomic E-state index is -0.925. The van der Waals surface area contributed by atoms with Gasteiger partial charge in [0.15, 0.2) is 0 Å². The van der Waals surface area contributed by atoms with Crippen LogP contribution in [0.25, 0.3) is 0 Å². The SMILES string of the molecule is O=C1CN(c2ccccc2C2(C(=O)O)CCCCC2)CC(=O)N1. The maximum absolute atomic E-state index is 12.1. The normalized spacial score (nSPS) is 21.0. The van der Waals surface area contributed by atoms with Crippen molar-refractivity contribution < 1.29 is 19.5 Å². The van der Waals surface area contributed by atoms with Crippen LogP contribution in [0.15, 0.2) is 24.3 Å². The number of nitrogens with one attached hydrogen (secondary N) is 1. The molecule has 6 heteroatoms. The third-order valence-electron chi connectivity index (χ3n) is 4.82. The largest absolute Gasteiger partial charge is 0.481 e. The third kappa shape index (κ3) is 2.81. The molecule has 1 aliphatic carbocycles. The summed E-state index contributed by atoms with van der Waals surface area (Å²) in [5.74, 6) is -1.54. The Kier molecular flexibility index (Phi) is 4.07. The maximum Gasteiger partial charge on any atom is 0.314 e. The molecule has 3 rings (SSSR count). The molecule has 122 valence electrons. The zero-order valence-corrected chi connectivity index (χ0v) is 12.9. The first-order chi connectivity index (χ1) is 11.0. The zero-order chi connectivity index (χ0) is 16.4. The van der Waals surface area contributed by atoms with Crippen LogP contribution >= 0.6 is 0 Å². The lowest BCUT2D eigenvalue weighted by molar-refractivity contribution is -0.145. The number of carbonyl (C=O) groups excluding carboxylic acids is 2. The molecule has 1 aromatic rings. The third-order valence-corrected chi connectivity index (χ3v) is 4.82. The standard InChI is InChI=1S/C17H20N2O4/c20-14-10-19(11-15(21)18-14)13-7-3-2-6-12(13)17(16(22)23)8-4-1-5-9-17/h2-3,6-7H,1,4-5,8-11H2,(H,22,23)(H,18,20,21). The molecule has 1 aromatic carbocycles. The van der Waals surface area contributed by atoms with Crippen molar-refractivity contribution in [3.05, 3.63) is 29.8 Å².